The van der Waals surface area contributed by atoms with Crippen molar-refractivity contribution in [3.63, 3.8) is 0 Å². The highest BCUT2D eigenvalue weighted by atomic mass is 16.5. The SMILES string of the molecule is CCCCCOc1ccc(Oc2ccc(CN3C(=O)C=CC3=O)cc2)cc1. The summed E-state index contributed by atoms with van der Waals surface area (Å²) >= 11 is 0. The van der Waals surface area contributed by atoms with Crippen molar-refractivity contribution in [3.8, 4) is 17.2 Å². The first kappa shape index (κ1) is 18.7. The topological polar surface area (TPSA) is 55.8 Å². The maximum absolute atomic E-state index is 11.6. The molecule has 0 spiro atoms. The van der Waals surface area contributed by atoms with Crippen LogP contribution in [0, 0.1) is 0 Å². The van der Waals surface area contributed by atoms with Crippen LogP contribution in [0.5, 0.6) is 17.2 Å². The maximum Gasteiger partial charge on any atom is 0.253 e. The van der Waals surface area contributed by atoms with Gasteiger partial charge in [-0.05, 0) is 48.4 Å². The molecule has 0 bridgehead atoms. The van der Waals surface area contributed by atoms with E-state index in [-0.39, 0.29) is 18.4 Å². The highest BCUT2D eigenvalue weighted by Gasteiger charge is 2.23. The van der Waals surface area contributed by atoms with E-state index in [0.717, 1.165) is 30.1 Å². The molecule has 0 saturated heterocycles. The van der Waals surface area contributed by atoms with Gasteiger partial charge in [-0.15, -0.1) is 0 Å². The number of amides is 2. The summed E-state index contributed by atoms with van der Waals surface area (Å²) in [5.74, 6) is 1.68. The van der Waals surface area contributed by atoms with Gasteiger partial charge in [0.05, 0.1) is 13.2 Å². The van der Waals surface area contributed by atoms with E-state index in [1.54, 1.807) is 0 Å². The Kier molecular flexibility index (Phi) is 6.26. The molecule has 0 aromatic heterocycles. The Morgan fingerprint density at radius 1 is 0.778 bits per heavy atom. The van der Waals surface area contributed by atoms with Gasteiger partial charge in [-0.3, -0.25) is 14.5 Å². The monoisotopic (exact) mass is 365 g/mol. The van der Waals surface area contributed by atoms with E-state index in [1.165, 1.54) is 29.9 Å². The molecule has 5 heteroatoms. The summed E-state index contributed by atoms with van der Waals surface area (Å²) in [6, 6.07) is 14.9. The number of benzene rings is 2. The summed E-state index contributed by atoms with van der Waals surface area (Å²) in [4.78, 5) is 24.4. The van der Waals surface area contributed by atoms with Gasteiger partial charge in [0.1, 0.15) is 17.2 Å². The molecule has 1 heterocycles. The number of carbonyl (C=O) groups is 2. The standard InChI is InChI=1S/C22H23NO4/c1-2-3-4-15-26-18-9-11-20(12-10-18)27-19-7-5-17(6-8-19)16-23-21(24)13-14-22(23)25/h5-14H,2-4,15-16H2,1H3. The predicted molar refractivity (Wildman–Crippen MR) is 103 cm³/mol. The molecule has 0 N–H and O–H groups in total. The van der Waals surface area contributed by atoms with Crippen LogP contribution in [-0.2, 0) is 16.1 Å². The quantitative estimate of drug-likeness (QED) is 0.486. The van der Waals surface area contributed by atoms with E-state index in [4.69, 9.17) is 9.47 Å². The average Bonchev–Trinajstić information content (AvgIpc) is 3.00. The lowest BCUT2D eigenvalue weighted by Gasteiger charge is -2.14. The van der Waals surface area contributed by atoms with Crippen LogP contribution in [0.3, 0.4) is 0 Å². The fourth-order valence-electron chi connectivity index (χ4n) is 2.71. The summed E-state index contributed by atoms with van der Waals surface area (Å²) in [5.41, 5.74) is 0.864. The zero-order chi connectivity index (χ0) is 19.1. The Hall–Kier alpha value is -3.08. The van der Waals surface area contributed by atoms with E-state index < -0.39 is 0 Å². The molecule has 2 aromatic rings. The lowest BCUT2D eigenvalue weighted by molar-refractivity contribution is -0.137. The van der Waals surface area contributed by atoms with Gasteiger partial charge in [0.2, 0.25) is 0 Å². The third-order valence-corrected chi connectivity index (χ3v) is 4.24. The molecular formula is C22H23NO4. The van der Waals surface area contributed by atoms with Gasteiger partial charge in [0.25, 0.3) is 11.8 Å². The summed E-state index contributed by atoms with van der Waals surface area (Å²) in [6.07, 6.45) is 5.99. The van der Waals surface area contributed by atoms with Crippen LogP contribution in [0.4, 0.5) is 0 Å². The molecule has 27 heavy (non-hydrogen) atoms. The van der Waals surface area contributed by atoms with Gasteiger partial charge < -0.3 is 9.47 Å². The normalized spacial score (nSPS) is 13.3. The number of ether oxygens (including phenoxy) is 2. The molecule has 2 amide bonds. The van der Waals surface area contributed by atoms with Crippen molar-refractivity contribution in [2.75, 3.05) is 6.61 Å². The fraction of sp³-hybridized carbons (Fsp3) is 0.273. The summed E-state index contributed by atoms with van der Waals surface area (Å²) in [5, 5.41) is 0. The zero-order valence-electron chi connectivity index (χ0n) is 15.4. The van der Waals surface area contributed by atoms with Crippen molar-refractivity contribution in [3.05, 3.63) is 66.2 Å². The molecule has 1 aliphatic heterocycles. The molecule has 2 aromatic carbocycles. The molecule has 5 nitrogen and oxygen atoms in total. The van der Waals surface area contributed by atoms with Gasteiger partial charge in [0.15, 0.2) is 0 Å². The van der Waals surface area contributed by atoms with E-state index in [0.29, 0.717) is 5.75 Å². The van der Waals surface area contributed by atoms with Gasteiger partial charge in [-0.25, -0.2) is 0 Å². The van der Waals surface area contributed by atoms with Crippen LogP contribution in [0.15, 0.2) is 60.7 Å². The third-order valence-electron chi connectivity index (χ3n) is 4.24. The molecule has 140 valence electrons. The molecule has 3 rings (SSSR count). The van der Waals surface area contributed by atoms with E-state index in [2.05, 4.69) is 6.92 Å². The summed E-state index contributed by atoms with van der Waals surface area (Å²) in [7, 11) is 0. The second-order valence-electron chi connectivity index (χ2n) is 6.37. The summed E-state index contributed by atoms with van der Waals surface area (Å²) in [6.45, 7) is 3.16. The Balaban J connectivity index is 1.52. The zero-order valence-corrected chi connectivity index (χ0v) is 15.4. The summed E-state index contributed by atoms with van der Waals surface area (Å²) < 4.78 is 11.5. The van der Waals surface area contributed by atoms with Gasteiger partial charge in [-0.2, -0.15) is 0 Å². The molecule has 0 fully saturated rings. The Morgan fingerprint density at radius 2 is 1.33 bits per heavy atom. The minimum absolute atomic E-state index is 0.259. The van der Waals surface area contributed by atoms with Crippen molar-refractivity contribution in [1.29, 1.82) is 0 Å². The number of rotatable bonds is 9. The predicted octanol–water partition coefficient (Wildman–Crippen LogP) is 4.47. The largest absolute Gasteiger partial charge is 0.494 e. The van der Waals surface area contributed by atoms with Crippen molar-refractivity contribution in [2.45, 2.75) is 32.7 Å². The van der Waals surface area contributed by atoms with Crippen molar-refractivity contribution >= 4 is 11.8 Å². The van der Waals surface area contributed by atoms with Gasteiger partial charge in [-0.1, -0.05) is 31.9 Å². The lowest BCUT2D eigenvalue weighted by atomic mass is 10.2. The van der Waals surface area contributed by atoms with Crippen LogP contribution in [0.25, 0.3) is 0 Å². The minimum atomic E-state index is -0.280. The first-order chi connectivity index (χ1) is 13.2. The Bertz CT molecular complexity index is 791. The van der Waals surface area contributed by atoms with Crippen molar-refractivity contribution in [2.24, 2.45) is 0 Å². The van der Waals surface area contributed by atoms with Crippen LogP contribution in [0.2, 0.25) is 0 Å². The second kappa shape index (κ2) is 9.03. The first-order valence-corrected chi connectivity index (χ1v) is 9.19. The molecule has 0 radical (unpaired) electrons. The minimum Gasteiger partial charge on any atom is -0.494 e. The molecule has 0 saturated carbocycles. The molecule has 0 unspecified atom stereocenters. The molecular weight excluding hydrogens is 342 g/mol. The van der Waals surface area contributed by atoms with Gasteiger partial charge in [0, 0.05) is 12.2 Å². The third kappa shape index (κ3) is 5.20. The maximum atomic E-state index is 11.6. The average molecular weight is 365 g/mol. The second-order valence-corrected chi connectivity index (χ2v) is 6.37. The Morgan fingerprint density at radius 3 is 1.93 bits per heavy atom. The number of hydrogen-bond acceptors (Lipinski definition) is 4. The van der Waals surface area contributed by atoms with Crippen LogP contribution in [-0.4, -0.2) is 23.3 Å². The van der Waals surface area contributed by atoms with E-state index in [1.807, 2.05) is 48.5 Å². The van der Waals surface area contributed by atoms with Crippen LogP contribution >= 0.6 is 0 Å². The number of imide groups is 1. The van der Waals surface area contributed by atoms with Crippen LogP contribution < -0.4 is 9.47 Å². The number of carbonyl (C=O) groups excluding carboxylic acids is 2. The number of unbranched alkanes of at least 4 members (excludes halogenated alkanes) is 2. The number of hydrogen-bond donors (Lipinski definition) is 0. The van der Waals surface area contributed by atoms with Crippen molar-refractivity contribution < 1.29 is 19.1 Å². The Labute approximate surface area is 159 Å². The highest BCUT2D eigenvalue weighted by molar-refractivity contribution is 6.12. The number of nitrogens with zero attached hydrogens (tertiary/aromatic N) is 1. The van der Waals surface area contributed by atoms with E-state index in [9.17, 15) is 9.59 Å². The van der Waals surface area contributed by atoms with Gasteiger partial charge >= 0.3 is 0 Å². The van der Waals surface area contributed by atoms with Crippen LogP contribution in [0.1, 0.15) is 31.7 Å². The first-order valence-electron chi connectivity index (χ1n) is 9.19. The molecule has 0 atom stereocenters. The molecule has 1 aliphatic rings. The lowest BCUT2D eigenvalue weighted by Crippen LogP contribution is -2.29. The fourth-order valence-corrected chi connectivity index (χ4v) is 2.71. The smallest absolute Gasteiger partial charge is 0.253 e. The van der Waals surface area contributed by atoms with E-state index >= 15 is 0 Å². The van der Waals surface area contributed by atoms with Crippen molar-refractivity contribution in [1.82, 2.24) is 4.90 Å². The highest BCUT2D eigenvalue weighted by Crippen LogP contribution is 2.25. The molecule has 0 aliphatic carbocycles.